The molecule has 1 fully saturated rings. The number of H-pyrrole nitrogens is 1. The first-order valence-electron chi connectivity index (χ1n) is 12.1. The number of carbonyl (C=O) groups is 1. The van der Waals surface area contributed by atoms with Gasteiger partial charge in [0.25, 0.3) is 0 Å². The summed E-state index contributed by atoms with van der Waals surface area (Å²) < 4.78 is 21.4. The van der Waals surface area contributed by atoms with Gasteiger partial charge in [0.2, 0.25) is 5.91 Å². The number of hydrogen-bond donors (Lipinski definition) is 1. The van der Waals surface area contributed by atoms with Crippen molar-refractivity contribution in [3.05, 3.63) is 47.1 Å². The average Bonchev–Trinajstić information content (AvgIpc) is 3.53. The van der Waals surface area contributed by atoms with Crippen molar-refractivity contribution >= 4 is 16.9 Å². The minimum Gasteiger partial charge on any atom is -0.381 e. The fraction of sp³-hybridized carbons (Fsp3) is 0.560. The van der Waals surface area contributed by atoms with Crippen LogP contribution in [0, 0.1) is 11.7 Å². The lowest BCUT2D eigenvalue weighted by molar-refractivity contribution is -0.132. The Hall–Kier alpha value is -2.74. The number of ether oxygens (including phenoxy) is 1. The molecule has 2 aliphatic rings. The van der Waals surface area contributed by atoms with Crippen molar-refractivity contribution in [1.82, 2.24) is 24.4 Å². The van der Waals surface area contributed by atoms with Crippen LogP contribution in [0.5, 0.6) is 0 Å². The summed E-state index contributed by atoms with van der Waals surface area (Å²) in [6, 6.07) is 4.49. The minimum absolute atomic E-state index is 0.120. The number of nitrogens with one attached hydrogen (secondary N) is 1. The number of fused-ring (bicyclic) bond motifs is 2. The van der Waals surface area contributed by atoms with Gasteiger partial charge in [0.15, 0.2) is 0 Å². The fourth-order valence-corrected chi connectivity index (χ4v) is 4.89. The van der Waals surface area contributed by atoms with E-state index in [1.54, 1.807) is 6.07 Å². The standard InChI is InChI=1S/C25H32FN5O2/c1-16(2)3-5-20-22-14-30(10-11-31(22)25(29-20)17-9-12-33-15-17)24(32)8-7-23-27-19-6-4-18(26)13-21(19)28-23/h4,6,13,16-17H,3,5,7-12,14-15H2,1-2H3,(H,27,28). The molecule has 4 heterocycles. The second-order valence-corrected chi connectivity index (χ2v) is 9.67. The second-order valence-electron chi connectivity index (χ2n) is 9.67. The molecule has 1 atom stereocenters. The molecule has 0 spiro atoms. The van der Waals surface area contributed by atoms with Crippen LogP contribution in [-0.4, -0.2) is 50.1 Å². The van der Waals surface area contributed by atoms with Crippen molar-refractivity contribution in [3.63, 3.8) is 0 Å². The summed E-state index contributed by atoms with van der Waals surface area (Å²) in [6.45, 7) is 8.09. The highest BCUT2D eigenvalue weighted by Crippen LogP contribution is 2.30. The number of hydrogen-bond acceptors (Lipinski definition) is 4. The van der Waals surface area contributed by atoms with E-state index < -0.39 is 0 Å². The van der Waals surface area contributed by atoms with E-state index in [-0.39, 0.29) is 11.7 Å². The Bertz CT molecular complexity index is 1150. The maximum Gasteiger partial charge on any atom is 0.223 e. The first-order chi connectivity index (χ1) is 16.0. The summed E-state index contributed by atoms with van der Waals surface area (Å²) >= 11 is 0. The molecule has 3 aromatic rings. The number of amides is 1. The third-order valence-electron chi connectivity index (χ3n) is 6.79. The number of aryl methyl sites for hydroxylation is 2. The number of halogens is 1. The molecule has 176 valence electrons. The Morgan fingerprint density at radius 1 is 1.27 bits per heavy atom. The van der Waals surface area contributed by atoms with Crippen molar-refractivity contribution in [3.8, 4) is 0 Å². The van der Waals surface area contributed by atoms with Crippen LogP contribution in [-0.2, 0) is 35.5 Å². The number of nitrogens with zero attached hydrogens (tertiary/aromatic N) is 4. The molecule has 0 radical (unpaired) electrons. The molecule has 1 saturated heterocycles. The Morgan fingerprint density at radius 2 is 2.15 bits per heavy atom. The smallest absolute Gasteiger partial charge is 0.223 e. The number of carbonyl (C=O) groups excluding carboxylic acids is 1. The van der Waals surface area contributed by atoms with Gasteiger partial charge in [-0.1, -0.05) is 13.8 Å². The van der Waals surface area contributed by atoms with Crippen LogP contribution in [0.2, 0.25) is 0 Å². The lowest BCUT2D eigenvalue weighted by Gasteiger charge is -2.30. The Labute approximate surface area is 193 Å². The van der Waals surface area contributed by atoms with E-state index in [1.165, 1.54) is 17.8 Å². The molecule has 0 aliphatic carbocycles. The zero-order chi connectivity index (χ0) is 22.9. The second kappa shape index (κ2) is 9.25. The van der Waals surface area contributed by atoms with Crippen molar-refractivity contribution < 1.29 is 13.9 Å². The van der Waals surface area contributed by atoms with E-state index in [0.717, 1.165) is 56.1 Å². The zero-order valence-electron chi connectivity index (χ0n) is 19.4. The summed E-state index contributed by atoms with van der Waals surface area (Å²) in [4.78, 5) is 27.7. The zero-order valence-corrected chi connectivity index (χ0v) is 19.4. The van der Waals surface area contributed by atoms with Gasteiger partial charge in [0, 0.05) is 38.5 Å². The maximum atomic E-state index is 13.4. The predicted octanol–water partition coefficient (Wildman–Crippen LogP) is 3.97. The van der Waals surface area contributed by atoms with Crippen LogP contribution >= 0.6 is 0 Å². The first-order valence-corrected chi connectivity index (χ1v) is 12.1. The van der Waals surface area contributed by atoms with Crippen LogP contribution in [0.4, 0.5) is 4.39 Å². The maximum absolute atomic E-state index is 13.4. The number of imidazole rings is 2. The van der Waals surface area contributed by atoms with Crippen molar-refractivity contribution in [1.29, 1.82) is 0 Å². The van der Waals surface area contributed by atoms with Gasteiger partial charge in [-0.15, -0.1) is 0 Å². The van der Waals surface area contributed by atoms with Crippen molar-refractivity contribution in [2.24, 2.45) is 5.92 Å². The molecule has 1 aromatic carbocycles. The lowest BCUT2D eigenvalue weighted by atomic mass is 10.0. The van der Waals surface area contributed by atoms with Gasteiger partial charge >= 0.3 is 0 Å². The Balaban J connectivity index is 1.29. The molecule has 8 heteroatoms. The molecule has 2 aromatic heterocycles. The molecule has 33 heavy (non-hydrogen) atoms. The van der Waals surface area contributed by atoms with Gasteiger partial charge in [0.1, 0.15) is 17.5 Å². The number of aromatic amines is 1. The Morgan fingerprint density at radius 3 is 2.94 bits per heavy atom. The van der Waals surface area contributed by atoms with Gasteiger partial charge in [0.05, 0.1) is 35.6 Å². The first kappa shape index (κ1) is 22.1. The molecule has 5 rings (SSSR count). The SMILES string of the molecule is CC(C)CCc1nc(C2CCOC2)n2c1CN(C(=O)CCc1nc3ccc(F)cc3[nH]1)CC2. The van der Waals surface area contributed by atoms with Gasteiger partial charge in [-0.2, -0.15) is 0 Å². The normalized spacial score (nSPS) is 18.4. The number of aromatic nitrogens is 4. The molecule has 0 saturated carbocycles. The third kappa shape index (κ3) is 4.67. The molecule has 7 nitrogen and oxygen atoms in total. The van der Waals surface area contributed by atoms with Crippen molar-refractivity contribution in [2.75, 3.05) is 19.8 Å². The number of rotatable bonds is 7. The van der Waals surface area contributed by atoms with Gasteiger partial charge in [-0.3, -0.25) is 4.79 Å². The largest absolute Gasteiger partial charge is 0.381 e. The molecule has 1 N–H and O–H groups in total. The predicted molar refractivity (Wildman–Crippen MR) is 123 cm³/mol. The van der Waals surface area contributed by atoms with Crippen LogP contribution in [0.1, 0.15) is 62.1 Å². The monoisotopic (exact) mass is 453 g/mol. The van der Waals surface area contributed by atoms with E-state index in [1.807, 2.05) is 4.90 Å². The molecular formula is C25H32FN5O2. The van der Waals surface area contributed by atoms with Gasteiger partial charge in [-0.25, -0.2) is 14.4 Å². The summed E-state index contributed by atoms with van der Waals surface area (Å²) in [5.74, 6) is 2.65. The topological polar surface area (TPSA) is 76.0 Å². The van der Waals surface area contributed by atoms with Crippen molar-refractivity contribution in [2.45, 2.75) is 65.0 Å². The quantitative estimate of drug-likeness (QED) is 0.587. The molecule has 1 unspecified atom stereocenters. The van der Waals surface area contributed by atoms with E-state index in [4.69, 9.17) is 9.72 Å². The third-order valence-corrected chi connectivity index (χ3v) is 6.79. The summed E-state index contributed by atoms with van der Waals surface area (Å²) in [5.41, 5.74) is 3.72. The molecular weight excluding hydrogens is 421 g/mol. The van der Waals surface area contributed by atoms with Crippen LogP contribution in [0.3, 0.4) is 0 Å². The average molecular weight is 454 g/mol. The van der Waals surface area contributed by atoms with Crippen LogP contribution in [0.15, 0.2) is 18.2 Å². The lowest BCUT2D eigenvalue weighted by Crippen LogP contribution is -2.39. The summed E-state index contributed by atoms with van der Waals surface area (Å²) in [5, 5.41) is 0. The van der Waals surface area contributed by atoms with Gasteiger partial charge < -0.3 is 19.2 Å². The molecule has 2 aliphatic heterocycles. The molecule has 1 amide bonds. The van der Waals surface area contributed by atoms with E-state index in [0.29, 0.717) is 49.1 Å². The fourth-order valence-electron chi connectivity index (χ4n) is 4.89. The summed E-state index contributed by atoms with van der Waals surface area (Å²) in [7, 11) is 0. The Kier molecular flexibility index (Phi) is 6.19. The van der Waals surface area contributed by atoms with Crippen LogP contribution < -0.4 is 0 Å². The highest BCUT2D eigenvalue weighted by atomic mass is 19.1. The van der Waals surface area contributed by atoms with Crippen LogP contribution in [0.25, 0.3) is 11.0 Å². The molecule has 0 bridgehead atoms. The number of benzene rings is 1. The highest BCUT2D eigenvalue weighted by molar-refractivity contribution is 5.77. The highest BCUT2D eigenvalue weighted by Gasteiger charge is 2.31. The minimum atomic E-state index is -0.296. The van der Waals surface area contributed by atoms with E-state index in [2.05, 4.69) is 28.4 Å². The van der Waals surface area contributed by atoms with E-state index >= 15 is 0 Å². The van der Waals surface area contributed by atoms with E-state index in [9.17, 15) is 9.18 Å². The summed E-state index contributed by atoms with van der Waals surface area (Å²) in [6.07, 6.45) is 3.93. The van der Waals surface area contributed by atoms with Gasteiger partial charge in [-0.05, 0) is 43.4 Å².